The summed E-state index contributed by atoms with van der Waals surface area (Å²) in [6, 6.07) is 8.33. The first kappa shape index (κ1) is 13.1. The molecule has 0 saturated heterocycles. The van der Waals surface area contributed by atoms with Gasteiger partial charge < -0.3 is 5.11 Å². The second kappa shape index (κ2) is 6.58. The van der Waals surface area contributed by atoms with Gasteiger partial charge in [-0.25, -0.2) is 0 Å². The molecule has 0 aliphatic heterocycles. The van der Waals surface area contributed by atoms with Gasteiger partial charge >= 0.3 is 0 Å². The fourth-order valence-corrected chi connectivity index (χ4v) is 2.06. The first-order valence-corrected chi connectivity index (χ1v) is 6.73. The van der Waals surface area contributed by atoms with Crippen molar-refractivity contribution in [2.45, 2.75) is 26.3 Å². The van der Waals surface area contributed by atoms with Crippen LogP contribution in [0.15, 0.2) is 24.3 Å². The van der Waals surface area contributed by atoms with Gasteiger partial charge in [0, 0.05) is 18.7 Å². The average Bonchev–Trinajstić information content (AvgIpc) is 3.21. The van der Waals surface area contributed by atoms with Crippen LogP contribution in [-0.4, -0.2) is 29.7 Å². The molecule has 0 spiro atoms. The molecule has 0 atom stereocenters. The Morgan fingerprint density at radius 1 is 1.28 bits per heavy atom. The molecule has 1 aliphatic carbocycles. The molecular weight excluding hydrogens is 222 g/mol. The molecular formula is C16H21NO. The molecule has 1 aromatic carbocycles. The van der Waals surface area contributed by atoms with Gasteiger partial charge in [0.25, 0.3) is 0 Å². The fourth-order valence-electron chi connectivity index (χ4n) is 2.06. The molecule has 0 aromatic heterocycles. The van der Waals surface area contributed by atoms with Gasteiger partial charge in [0.15, 0.2) is 0 Å². The summed E-state index contributed by atoms with van der Waals surface area (Å²) in [4.78, 5) is 2.51. The maximum atomic E-state index is 8.64. The van der Waals surface area contributed by atoms with Gasteiger partial charge in [0.05, 0.1) is 0 Å². The Hall–Kier alpha value is -1.30. The Morgan fingerprint density at radius 2 is 2.00 bits per heavy atom. The van der Waals surface area contributed by atoms with Crippen LogP contribution in [0.5, 0.6) is 0 Å². The van der Waals surface area contributed by atoms with E-state index in [1.807, 2.05) is 12.1 Å². The zero-order valence-corrected chi connectivity index (χ0v) is 11.0. The second-order valence-corrected chi connectivity index (χ2v) is 4.93. The van der Waals surface area contributed by atoms with Gasteiger partial charge in [-0.1, -0.05) is 30.9 Å². The molecule has 0 amide bonds. The Balaban J connectivity index is 1.91. The Bertz CT molecular complexity index is 423. The van der Waals surface area contributed by atoms with Gasteiger partial charge in [0.2, 0.25) is 0 Å². The van der Waals surface area contributed by atoms with E-state index in [0.717, 1.165) is 24.6 Å². The third-order valence-electron chi connectivity index (χ3n) is 3.33. The third-order valence-corrected chi connectivity index (χ3v) is 3.33. The molecule has 1 saturated carbocycles. The smallest absolute Gasteiger partial charge is 0.104 e. The van der Waals surface area contributed by atoms with E-state index in [1.54, 1.807) is 0 Å². The lowest BCUT2D eigenvalue weighted by atomic mass is 10.1. The third kappa shape index (κ3) is 4.18. The van der Waals surface area contributed by atoms with E-state index < -0.39 is 0 Å². The van der Waals surface area contributed by atoms with Crippen LogP contribution < -0.4 is 0 Å². The molecule has 1 aliphatic rings. The highest BCUT2D eigenvalue weighted by molar-refractivity contribution is 5.36. The zero-order chi connectivity index (χ0) is 12.8. The minimum atomic E-state index is -0.0766. The molecule has 1 aromatic rings. The highest BCUT2D eigenvalue weighted by Gasteiger charge is 2.23. The maximum absolute atomic E-state index is 8.64. The molecule has 18 heavy (non-hydrogen) atoms. The summed E-state index contributed by atoms with van der Waals surface area (Å²) in [5.41, 5.74) is 2.31. The summed E-state index contributed by atoms with van der Waals surface area (Å²) in [6.07, 6.45) is 2.82. The molecule has 1 fully saturated rings. The van der Waals surface area contributed by atoms with Crippen LogP contribution >= 0.6 is 0 Å². The van der Waals surface area contributed by atoms with Crippen molar-refractivity contribution in [3.05, 3.63) is 35.4 Å². The number of aliphatic hydroxyl groups is 1. The standard InChI is InChI=1S/C16H21NO/c1-2-17(13-16-9-10-16)12-15-7-5-14(6-8-15)4-3-11-18/h5-8,16,18H,2,9-13H2,1H3. The number of nitrogens with zero attached hydrogens (tertiary/aromatic N) is 1. The lowest BCUT2D eigenvalue weighted by Gasteiger charge is -2.20. The first-order valence-electron chi connectivity index (χ1n) is 6.73. The molecule has 0 bridgehead atoms. The highest BCUT2D eigenvalue weighted by Crippen LogP contribution is 2.30. The number of benzene rings is 1. The lowest BCUT2D eigenvalue weighted by molar-refractivity contribution is 0.268. The van der Waals surface area contributed by atoms with Crippen molar-refractivity contribution in [2.24, 2.45) is 5.92 Å². The minimum absolute atomic E-state index is 0.0766. The van der Waals surface area contributed by atoms with Crippen LogP contribution in [0.3, 0.4) is 0 Å². The SMILES string of the molecule is CCN(Cc1ccc(C#CCO)cc1)CC1CC1. The Kier molecular flexibility index (Phi) is 4.81. The maximum Gasteiger partial charge on any atom is 0.104 e. The lowest BCUT2D eigenvalue weighted by Crippen LogP contribution is -2.25. The topological polar surface area (TPSA) is 23.5 Å². The molecule has 2 heteroatoms. The van der Waals surface area contributed by atoms with Gasteiger partial charge in [0.1, 0.15) is 6.61 Å². The molecule has 2 nitrogen and oxygen atoms in total. The van der Waals surface area contributed by atoms with Crippen LogP contribution in [0.2, 0.25) is 0 Å². The van der Waals surface area contributed by atoms with Crippen LogP contribution in [0, 0.1) is 17.8 Å². The average molecular weight is 243 g/mol. The van der Waals surface area contributed by atoms with Crippen molar-refractivity contribution in [1.29, 1.82) is 0 Å². The van der Waals surface area contributed by atoms with Crippen molar-refractivity contribution in [3.63, 3.8) is 0 Å². The highest BCUT2D eigenvalue weighted by atomic mass is 16.2. The van der Waals surface area contributed by atoms with Crippen LogP contribution in [-0.2, 0) is 6.54 Å². The summed E-state index contributed by atoms with van der Waals surface area (Å²) in [5, 5.41) is 8.64. The Morgan fingerprint density at radius 3 is 2.56 bits per heavy atom. The van der Waals surface area contributed by atoms with Crippen LogP contribution in [0.25, 0.3) is 0 Å². The summed E-state index contributed by atoms with van der Waals surface area (Å²) in [6.45, 7) is 5.53. The summed E-state index contributed by atoms with van der Waals surface area (Å²) >= 11 is 0. The molecule has 0 heterocycles. The molecule has 96 valence electrons. The van der Waals surface area contributed by atoms with Crippen molar-refractivity contribution in [1.82, 2.24) is 4.90 Å². The van der Waals surface area contributed by atoms with Crippen molar-refractivity contribution in [2.75, 3.05) is 19.7 Å². The predicted molar refractivity (Wildman–Crippen MR) is 74.1 cm³/mol. The van der Waals surface area contributed by atoms with E-state index in [1.165, 1.54) is 24.9 Å². The monoisotopic (exact) mass is 243 g/mol. The molecule has 1 N–H and O–H groups in total. The van der Waals surface area contributed by atoms with E-state index in [0.29, 0.717) is 0 Å². The van der Waals surface area contributed by atoms with Crippen molar-refractivity contribution < 1.29 is 5.11 Å². The van der Waals surface area contributed by atoms with Crippen LogP contribution in [0.1, 0.15) is 30.9 Å². The van der Waals surface area contributed by atoms with Crippen molar-refractivity contribution >= 4 is 0 Å². The zero-order valence-electron chi connectivity index (χ0n) is 11.0. The summed E-state index contributed by atoms with van der Waals surface area (Å²) in [7, 11) is 0. The predicted octanol–water partition coefficient (Wildman–Crippen LogP) is 2.26. The molecule has 0 unspecified atom stereocenters. The number of rotatable bonds is 5. The van der Waals surface area contributed by atoms with Gasteiger partial charge in [-0.05, 0) is 43.0 Å². The van der Waals surface area contributed by atoms with Crippen molar-refractivity contribution in [3.8, 4) is 11.8 Å². The van der Waals surface area contributed by atoms with E-state index in [9.17, 15) is 0 Å². The van der Waals surface area contributed by atoms with Gasteiger partial charge in [-0.2, -0.15) is 0 Å². The molecule has 0 radical (unpaired) electrons. The minimum Gasteiger partial charge on any atom is -0.384 e. The number of hydrogen-bond acceptors (Lipinski definition) is 2. The van der Waals surface area contributed by atoms with E-state index in [-0.39, 0.29) is 6.61 Å². The van der Waals surface area contributed by atoms with E-state index >= 15 is 0 Å². The summed E-state index contributed by atoms with van der Waals surface area (Å²) < 4.78 is 0. The molecule has 2 rings (SSSR count). The fraction of sp³-hybridized carbons (Fsp3) is 0.500. The second-order valence-electron chi connectivity index (χ2n) is 4.93. The van der Waals surface area contributed by atoms with Crippen LogP contribution in [0.4, 0.5) is 0 Å². The first-order chi connectivity index (χ1) is 8.81. The van der Waals surface area contributed by atoms with E-state index in [2.05, 4.69) is 35.8 Å². The number of hydrogen-bond donors (Lipinski definition) is 1. The van der Waals surface area contributed by atoms with Gasteiger partial charge in [-0.3, -0.25) is 4.90 Å². The quantitative estimate of drug-likeness (QED) is 0.802. The normalized spacial score (nSPS) is 14.4. The van der Waals surface area contributed by atoms with Gasteiger partial charge in [-0.15, -0.1) is 0 Å². The summed E-state index contributed by atoms with van der Waals surface area (Å²) in [5.74, 6) is 6.53. The van der Waals surface area contributed by atoms with E-state index in [4.69, 9.17) is 5.11 Å². The Labute approximate surface area is 110 Å². The number of aliphatic hydroxyl groups excluding tert-OH is 1. The largest absolute Gasteiger partial charge is 0.384 e.